The predicted octanol–water partition coefficient (Wildman–Crippen LogP) is 1.06. The van der Waals surface area contributed by atoms with Gasteiger partial charge in [0.25, 0.3) is 0 Å². The van der Waals surface area contributed by atoms with Gasteiger partial charge in [0, 0.05) is 12.1 Å². The third kappa shape index (κ3) is 39.8. The Hall–Kier alpha value is -0.600. The first-order chi connectivity index (χ1) is 23.3. The molecule has 5 atom stereocenters. The van der Waals surface area contributed by atoms with Gasteiger partial charge in [-0.1, -0.05) is 0 Å². The molecule has 0 saturated heterocycles. The monoisotopic (exact) mass is 702 g/mol. The second-order valence-electron chi connectivity index (χ2n) is 11.4. The summed E-state index contributed by atoms with van der Waals surface area (Å²) in [6.07, 6.45) is -0.00448. The average molecular weight is 703 g/mol. The second-order valence-corrected chi connectivity index (χ2v) is 11.4. The SMILES string of the molecule is CC(N)COCC(C)OCC(C)OCCOCCOCCOCCOCCOCCOCCOCCOCCOCC(C)OCC(C)N. The average Bonchev–Trinajstić information content (AvgIpc) is 3.05. The minimum Gasteiger partial charge on any atom is -0.377 e. The molecule has 0 aromatic heterocycles. The summed E-state index contributed by atoms with van der Waals surface area (Å²) in [5.74, 6) is 0. The van der Waals surface area contributed by atoms with Gasteiger partial charge in [0.1, 0.15) is 0 Å². The molecule has 0 aliphatic carbocycles. The van der Waals surface area contributed by atoms with Crippen molar-refractivity contribution in [3.05, 3.63) is 0 Å². The quantitative estimate of drug-likeness (QED) is 0.0868. The van der Waals surface area contributed by atoms with E-state index in [0.29, 0.717) is 152 Å². The van der Waals surface area contributed by atoms with Crippen LogP contribution in [0.5, 0.6) is 0 Å². The molecule has 0 spiro atoms. The molecule has 0 aliphatic heterocycles. The normalized spacial score (nSPS) is 15.1. The summed E-state index contributed by atoms with van der Waals surface area (Å²) in [5.41, 5.74) is 11.3. The zero-order valence-corrected chi connectivity index (χ0v) is 30.6. The summed E-state index contributed by atoms with van der Waals surface area (Å²) < 4.78 is 71.9. The van der Waals surface area contributed by atoms with Crippen LogP contribution in [0.4, 0.5) is 0 Å². The topological polar surface area (TPSA) is 172 Å². The van der Waals surface area contributed by atoms with Crippen LogP contribution in [-0.4, -0.2) is 182 Å². The van der Waals surface area contributed by atoms with E-state index >= 15 is 0 Å². The van der Waals surface area contributed by atoms with Crippen LogP contribution in [0.15, 0.2) is 0 Å². The van der Waals surface area contributed by atoms with Gasteiger partial charge in [-0.25, -0.2) is 0 Å². The van der Waals surface area contributed by atoms with Gasteiger partial charge in [-0.3, -0.25) is 0 Å². The smallest absolute Gasteiger partial charge is 0.0781 e. The van der Waals surface area contributed by atoms with E-state index in [-0.39, 0.29) is 30.4 Å². The molecule has 0 aliphatic rings. The van der Waals surface area contributed by atoms with Crippen molar-refractivity contribution in [2.75, 3.05) is 152 Å². The highest BCUT2D eigenvalue weighted by Gasteiger charge is 2.08. The van der Waals surface area contributed by atoms with Gasteiger partial charge in [-0.15, -0.1) is 0 Å². The minimum atomic E-state index is -0.0205. The molecule has 0 amide bonds. The van der Waals surface area contributed by atoms with E-state index < -0.39 is 0 Å². The van der Waals surface area contributed by atoms with Crippen LogP contribution in [0.1, 0.15) is 34.6 Å². The van der Waals surface area contributed by atoms with E-state index in [4.69, 9.17) is 73.0 Å². The lowest BCUT2D eigenvalue weighted by Gasteiger charge is -2.18. The summed E-state index contributed by atoms with van der Waals surface area (Å²) >= 11 is 0. The third-order valence-corrected chi connectivity index (χ3v) is 5.95. The minimum absolute atomic E-state index is 0.00324. The van der Waals surface area contributed by atoms with Crippen molar-refractivity contribution in [2.45, 2.75) is 65.0 Å². The van der Waals surface area contributed by atoms with Crippen LogP contribution in [0.3, 0.4) is 0 Å². The summed E-state index contributed by atoms with van der Waals surface area (Å²) in [4.78, 5) is 0. The highest BCUT2D eigenvalue weighted by molar-refractivity contribution is 4.55. The summed E-state index contributed by atoms with van der Waals surface area (Å²) in [6.45, 7) is 21.4. The number of ether oxygens (including phenoxy) is 13. The largest absolute Gasteiger partial charge is 0.377 e. The number of rotatable bonds is 40. The predicted molar refractivity (Wildman–Crippen MR) is 182 cm³/mol. The van der Waals surface area contributed by atoms with Crippen LogP contribution in [0.2, 0.25) is 0 Å². The molecular weight excluding hydrogens is 632 g/mol. The Bertz CT molecular complexity index is 626. The van der Waals surface area contributed by atoms with Crippen molar-refractivity contribution in [3.8, 4) is 0 Å². The Balaban J connectivity index is 3.18. The standard InChI is InChI=1S/C33H70N2O13/c1-29(34)24-45-27-32(4)48-28-33(5)46-23-22-43-19-18-41-15-14-39-11-10-37-7-6-36-8-9-38-12-13-40-16-17-42-20-21-44-26-31(3)47-25-30(2)35/h29-33H,6-28,34-35H2,1-5H3. The molecule has 0 heterocycles. The summed E-state index contributed by atoms with van der Waals surface area (Å²) in [7, 11) is 0. The molecule has 0 aromatic rings. The molecule has 0 aromatic carbocycles. The number of hydrogen-bond donors (Lipinski definition) is 2. The van der Waals surface area contributed by atoms with Crippen molar-refractivity contribution in [1.82, 2.24) is 0 Å². The van der Waals surface area contributed by atoms with Crippen molar-refractivity contribution < 1.29 is 61.6 Å². The first-order valence-corrected chi connectivity index (χ1v) is 17.4. The van der Waals surface area contributed by atoms with Crippen LogP contribution < -0.4 is 11.5 Å². The fraction of sp³-hybridized carbons (Fsp3) is 1.00. The molecule has 0 rings (SSSR count). The lowest BCUT2D eigenvalue weighted by Crippen LogP contribution is -2.27. The fourth-order valence-electron chi connectivity index (χ4n) is 3.50. The van der Waals surface area contributed by atoms with Gasteiger partial charge in [0.15, 0.2) is 0 Å². The Morgan fingerprint density at radius 2 is 0.542 bits per heavy atom. The van der Waals surface area contributed by atoms with E-state index in [0.717, 1.165) is 0 Å². The van der Waals surface area contributed by atoms with E-state index in [1.807, 2.05) is 34.6 Å². The van der Waals surface area contributed by atoms with Gasteiger partial charge in [0.05, 0.1) is 170 Å². The van der Waals surface area contributed by atoms with Crippen LogP contribution in [-0.2, 0) is 61.6 Å². The fourth-order valence-corrected chi connectivity index (χ4v) is 3.50. The first kappa shape index (κ1) is 47.4. The third-order valence-electron chi connectivity index (χ3n) is 5.95. The van der Waals surface area contributed by atoms with Gasteiger partial charge >= 0.3 is 0 Å². The second kappa shape index (κ2) is 37.7. The molecule has 4 N–H and O–H groups in total. The molecule has 15 nitrogen and oxygen atoms in total. The molecular formula is C33H70N2O13. The molecule has 290 valence electrons. The summed E-state index contributed by atoms with van der Waals surface area (Å²) in [5, 5.41) is 0. The molecule has 0 saturated carbocycles. The Morgan fingerprint density at radius 3 is 0.896 bits per heavy atom. The maximum absolute atomic E-state index is 5.72. The van der Waals surface area contributed by atoms with E-state index in [1.54, 1.807) is 0 Å². The van der Waals surface area contributed by atoms with Crippen molar-refractivity contribution in [1.29, 1.82) is 0 Å². The molecule has 48 heavy (non-hydrogen) atoms. The van der Waals surface area contributed by atoms with Crippen LogP contribution in [0.25, 0.3) is 0 Å². The van der Waals surface area contributed by atoms with E-state index in [1.165, 1.54) is 0 Å². The maximum atomic E-state index is 5.72. The Labute approximate surface area is 290 Å². The van der Waals surface area contributed by atoms with Crippen molar-refractivity contribution in [3.63, 3.8) is 0 Å². The molecule has 0 bridgehead atoms. The van der Waals surface area contributed by atoms with E-state index in [9.17, 15) is 0 Å². The van der Waals surface area contributed by atoms with E-state index in [2.05, 4.69) is 0 Å². The van der Waals surface area contributed by atoms with Gasteiger partial charge in [-0.2, -0.15) is 0 Å². The zero-order chi connectivity index (χ0) is 35.3. The molecule has 15 heteroatoms. The van der Waals surface area contributed by atoms with Gasteiger partial charge in [-0.05, 0) is 34.6 Å². The van der Waals surface area contributed by atoms with Crippen molar-refractivity contribution in [2.24, 2.45) is 11.5 Å². The number of nitrogens with two attached hydrogens (primary N) is 2. The van der Waals surface area contributed by atoms with Crippen LogP contribution >= 0.6 is 0 Å². The lowest BCUT2D eigenvalue weighted by molar-refractivity contribution is -0.0692. The molecule has 0 fully saturated rings. The summed E-state index contributed by atoms with van der Waals surface area (Å²) in [6, 6.07) is 0.0565. The zero-order valence-electron chi connectivity index (χ0n) is 30.6. The van der Waals surface area contributed by atoms with Gasteiger partial charge in [0.2, 0.25) is 0 Å². The highest BCUT2D eigenvalue weighted by atomic mass is 16.6. The Morgan fingerprint density at radius 1 is 0.271 bits per heavy atom. The maximum Gasteiger partial charge on any atom is 0.0781 e. The molecule has 0 radical (unpaired) electrons. The Kier molecular flexibility index (Phi) is 37.2. The lowest BCUT2D eigenvalue weighted by atomic mass is 10.4. The van der Waals surface area contributed by atoms with Gasteiger partial charge < -0.3 is 73.0 Å². The van der Waals surface area contributed by atoms with Crippen molar-refractivity contribution >= 4 is 0 Å². The number of hydrogen-bond acceptors (Lipinski definition) is 15. The molecule has 5 unspecified atom stereocenters. The highest BCUT2D eigenvalue weighted by Crippen LogP contribution is 1.99. The first-order valence-electron chi connectivity index (χ1n) is 17.4. The van der Waals surface area contributed by atoms with Crippen LogP contribution in [0, 0.1) is 0 Å².